The molecule has 2 heterocycles. The normalized spacial score (nSPS) is 16.9. The molecule has 0 bridgehead atoms. The van der Waals surface area contributed by atoms with Crippen LogP contribution in [0.25, 0.3) is 0 Å². The maximum Gasteiger partial charge on any atom is 0.338 e. The average molecular weight is 496 g/mol. The summed E-state index contributed by atoms with van der Waals surface area (Å²) in [5, 5.41) is 5.39. The van der Waals surface area contributed by atoms with Gasteiger partial charge in [0.05, 0.1) is 37.4 Å². The number of halogens is 1. The number of hydrogen-bond donors (Lipinski definition) is 1. The molecule has 7 nitrogen and oxygen atoms in total. The smallest absolute Gasteiger partial charge is 0.338 e. The number of benzene rings is 2. The van der Waals surface area contributed by atoms with Crippen LogP contribution in [0, 0.1) is 5.82 Å². The molecular formula is C26H26FN3O4S. The minimum absolute atomic E-state index is 0.0664. The van der Waals surface area contributed by atoms with Crippen molar-refractivity contribution in [2.24, 2.45) is 4.99 Å². The van der Waals surface area contributed by atoms with Crippen LogP contribution in [0.2, 0.25) is 0 Å². The van der Waals surface area contributed by atoms with E-state index in [0.717, 1.165) is 5.56 Å². The van der Waals surface area contributed by atoms with Gasteiger partial charge in [-0.2, -0.15) is 0 Å². The number of methoxy groups -OCH3 is 1. The highest BCUT2D eigenvalue weighted by molar-refractivity contribution is 8.16. The summed E-state index contributed by atoms with van der Waals surface area (Å²) in [6.07, 6.45) is 0.0664. The predicted molar refractivity (Wildman–Crippen MR) is 133 cm³/mol. The van der Waals surface area contributed by atoms with E-state index in [4.69, 9.17) is 9.47 Å². The highest BCUT2D eigenvalue weighted by Crippen LogP contribution is 2.45. The van der Waals surface area contributed by atoms with E-state index >= 15 is 0 Å². The lowest BCUT2D eigenvalue weighted by Gasteiger charge is -2.36. The topological polar surface area (TPSA) is 80.2 Å². The zero-order chi connectivity index (χ0) is 24.9. The highest BCUT2D eigenvalue weighted by atomic mass is 32.2. The molecule has 0 aromatic heterocycles. The van der Waals surface area contributed by atoms with Gasteiger partial charge in [-0.05, 0) is 54.6 Å². The number of allylic oxidation sites excluding steroid dienone is 1. The van der Waals surface area contributed by atoms with Gasteiger partial charge in [0.15, 0.2) is 5.17 Å². The van der Waals surface area contributed by atoms with Crippen molar-refractivity contribution in [3.8, 4) is 5.75 Å². The molecule has 0 radical (unpaired) electrons. The molecule has 9 heteroatoms. The van der Waals surface area contributed by atoms with Gasteiger partial charge in [0, 0.05) is 12.2 Å². The highest BCUT2D eigenvalue weighted by Gasteiger charge is 2.41. The first-order valence-electron chi connectivity index (χ1n) is 11.2. The largest absolute Gasteiger partial charge is 0.497 e. The summed E-state index contributed by atoms with van der Waals surface area (Å²) in [6, 6.07) is 13.0. The molecule has 2 aliphatic rings. The number of fused-ring (bicyclic) bond motifs is 1. The number of thioether (sulfide) groups is 1. The second-order valence-corrected chi connectivity index (χ2v) is 8.81. The number of amidine groups is 1. The van der Waals surface area contributed by atoms with Gasteiger partial charge < -0.3 is 19.7 Å². The molecule has 35 heavy (non-hydrogen) atoms. The number of rotatable bonds is 8. The Morgan fingerprint density at radius 1 is 1.20 bits per heavy atom. The van der Waals surface area contributed by atoms with Crippen LogP contribution in [0.1, 0.15) is 37.4 Å². The summed E-state index contributed by atoms with van der Waals surface area (Å²) in [6.45, 7) is 3.99. The summed E-state index contributed by atoms with van der Waals surface area (Å²) >= 11 is 1.40. The first kappa shape index (κ1) is 24.5. The van der Waals surface area contributed by atoms with Crippen molar-refractivity contribution in [3.63, 3.8) is 0 Å². The third-order valence-electron chi connectivity index (χ3n) is 5.63. The van der Waals surface area contributed by atoms with Crippen molar-refractivity contribution in [3.05, 3.63) is 87.9 Å². The van der Waals surface area contributed by atoms with Crippen LogP contribution >= 0.6 is 11.8 Å². The Kier molecular flexibility index (Phi) is 7.55. The van der Waals surface area contributed by atoms with Gasteiger partial charge in [-0.15, -0.1) is 0 Å². The molecular weight excluding hydrogens is 469 g/mol. The molecule has 1 N–H and O–H groups in total. The van der Waals surface area contributed by atoms with E-state index in [2.05, 4.69) is 10.3 Å². The molecule has 0 unspecified atom stereocenters. The van der Waals surface area contributed by atoms with Crippen LogP contribution in [0.4, 0.5) is 4.39 Å². The van der Waals surface area contributed by atoms with Gasteiger partial charge in [0.25, 0.3) is 0 Å². The number of carbonyl (C=O) groups excluding carboxylic acids is 2. The molecule has 1 amide bonds. The van der Waals surface area contributed by atoms with Crippen LogP contribution < -0.4 is 10.1 Å². The van der Waals surface area contributed by atoms with Crippen LogP contribution in [0.3, 0.4) is 0 Å². The number of amides is 1. The number of nitrogens with one attached hydrogen (secondary N) is 1. The zero-order valence-corrected chi connectivity index (χ0v) is 20.5. The van der Waals surface area contributed by atoms with E-state index in [0.29, 0.717) is 33.4 Å². The number of aliphatic imine (C=N–C) groups is 1. The number of ether oxygens (including phenoxy) is 2. The van der Waals surface area contributed by atoms with Crippen molar-refractivity contribution in [2.45, 2.75) is 32.9 Å². The fourth-order valence-electron chi connectivity index (χ4n) is 4.04. The maximum atomic E-state index is 13.5. The monoisotopic (exact) mass is 495 g/mol. The van der Waals surface area contributed by atoms with E-state index in [1.165, 1.54) is 23.9 Å². The van der Waals surface area contributed by atoms with Crippen molar-refractivity contribution in [1.82, 2.24) is 10.2 Å². The SMILES string of the molecule is CCOC(=O)C1=C(C)N=C2SC=C(CC(=O)NCc3cccc(F)c3)N2[C@@H]1c1cccc(OC)c1. The summed E-state index contributed by atoms with van der Waals surface area (Å²) in [7, 11) is 1.58. The summed E-state index contributed by atoms with van der Waals surface area (Å²) in [5.41, 5.74) is 3.17. The standard InChI is InChI=1S/C26H26FN3O4S/c1-4-34-25(32)23-16(2)29-26-30(24(23)18-8-6-10-21(12-18)33-3)20(15-35-26)13-22(31)28-14-17-7-5-9-19(27)11-17/h5-12,15,24H,4,13-14H2,1-3H3,(H,28,31)/t24-/m1/s1. The Morgan fingerprint density at radius 2 is 2.00 bits per heavy atom. The summed E-state index contributed by atoms with van der Waals surface area (Å²) < 4.78 is 24.2. The van der Waals surface area contributed by atoms with E-state index < -0.39 is 12.0 Å². The van der Waals surface area contributed by atoms with E-state index in [1.54, 1.807) is 33.1 Å². The average Bonchev–Trinajstić information content (AvgIpc) is 3.23. The van der Waals surface area contributed by atoms with Crippen LogP contribution in [-0.2, 0) is 20.9 Å². The quantitative estimate of drug-likeness (QED) is 0.536. The van der Waals surface area contributed by atoms with Gasteiger partial charge in [-0.3, -0.25) is 4.79 Å². The Labute approximate surface area is 207 Å². The molecule has 0 saturated carbocycles. The Bertz CT molecular complexity index is 1240. The molecule has 0 aliphatic carbocycles. The lowest BCUT2D eigenvalue weighted by Crippen LogP contribution is -2.38. The minimum Gasteiger partial charge on any atom is -0.497 e. The van der Waals surface area contributed by atoms with Gasteiger partial charge in [-0.25, -0.2) is 14.2 Å². The number of esters is 1. The third kappa shape index (κ3) is 5.40. The van der Waals surface area contributed by atoms with Crippen molar-refractivity contribution >= 4 is 28.8 Å². The van der Waals surface area contributed by atoms with Gasteiger partial charge in [-0.1, -0.05) is 36.0 Å². The molecule has 2 aromatic carbocycles. The molecule has 2 aromatic rings. The van der Waals surface area contributed by atoms with Gasteiger partial charge in [0.1, 0.15) is 11.6 Å². The van der Waals surface area contributed by atoms with Crippen molar-refractivity contribution in [2.75, 3.05) is 13.7 Å². The first-order valence-corrected chi connectivity index (χ1v) is 12.1. The van der Waals surface area contributed by atoms with Gasteiger partial charge >= 0.3 is 5.97 Å². The fourth-order valence-corrected chi connectivity index (χ4v) is 5.01. The Balaban J connectivity index is 1.61. The predicted octanol–water partition coefficient (Wildman–Crippen LogP) is 4.68. The van der Waals surface area contributed by atoms with Gasteiger partial charge in [0.2, 0.25) is 5.91 Å². The molecule has 2 aliphatic heterocycles. The number of nitrogens with zero attached hydrogens (tertiary/aromatic N) is 2. The fraction of sp³-hybridized carbons (Fsp3) is 0.269. The van der Waals surface area contributed by atoms with Crippen LogP contribution in [-0.4, -0.2) is 35.7 Å². The minimum atomic E-state index is -0.533. The summed E-state index contributed by atoms with van der Waals surface area (Å²) in [5.74, 6) is -0.378. The van der Waals surface area contributed by atoms with Crippen LogP contribution in [0.15, 0.2) is 75.9 Å². The maximum absolute atomic E-state index is 13.5. The second-order valence-electron chi connectivity index (χ2n) is 7.97. The number of hydrogen-bond acceptors (Lipinski definition) is 7. The lowest BCUT2D eigenvalue weighted by atomic mass is 9.93. The molecule has 0 saturated heterocycles. The van der Waals surface area contributed by atoms with E-state index in [9.17, 15) is 14.0 Å². The first-order chi connectivity index (χ1) is 16.9. The molecule has 1 atom stereocenters. The lowest BCUT2D eigenvalue weighted by molar-refractivity contribution is -0.139. The second kappa shape index (κ2) is 10.8. The van der Waals surface area contributed by atoms with Crippen LogP contribution in [0.5, 0.6) is 5.75 Å². The molecule has 4 rings (SSSR count). The summed E-state index contributed by atoms with van der Waals surface area (Å²) in [4.78, 5) is 32.4. The Hall–Kier alpha value is -3.59. The molecule has 182 valence electrons. The van der Waals surface area contributed by atoms with Crippen molar-refractivity contribution in [1.29, 1.82) is 0 Å². The zero-order valence-electron chi connectivity index (χ0n) is 19.7. The Morgan fingerprint density at radius 3 is 2.74 bits per heavy atom. The van der Waals surface area contributed by atoms with E-state index in [-0.39, 0.29) is 31.3 Å². The molecule has 0 spiro atoms. The molecule has 0 fully saturated rings. The van der Waals surface area contributed by atoms with E-state index in [1.807, 2.05) is 34.6 Å². The van der Waals surface area contributed by atoms with Crippen molar-refractivity contribution < 1.29 is 23.5 Å². The number of carbonyl (C=O) groups is 2. The third-order valence-corrected chi connectivity index (χ3v) is 6.51.